The van der Waals surface area contributed by atoms with Gasteiger partial charge in [0.05, 0.1) is 11.0 Å². The Morgan fingerprint density at radius 3 is 2.60 bits per heavy atom. The quantitative estimate of drug-likeness (QED) is 0.393. The van der Waals surface area contributed by atoms with Gasteiger partial charge in [-0.2, -0.15) is 0 Å². The molecule has 1 fully saturated rings. The zero-order valence-electron chi connectivity index (χ0n) is 19.6. The predicted octanol–water partition coefficient (Wildman–Crippen LogP) is 5.44. The van der Waals surface area contributed by atoms with Gasteiger partial charge in [-0.05, 0) is 66.9 Å². The molecule has 2 aliphatic heterocycles. The standard InChI is InChI=1S/C28H29ClN4OS/c29-21-10-11-27-22(19-21)25(18-20-6-1-4-9-26(20)35-27)32-16-14-31(15-17-32)12-5-13-33-24-8-3-2-7-23(24)30-28(33)34/h1-4,6-11,19,25H,5,12-18H2,(H,30,34). The van der Waals surface area contributed by atoms with Crippen LogP contribution in [0.25, 0.3) is 11.0 Å². The van der Waals surface area contributed by atoms with Gasteiger partial charge in [0.2, 0.25) is 0 Å². The van der Waals surface area contributed by atoms with Crippen LogP contribution < -0.4 is 5.69 Å². The van der Waals surface area contributed by atoms with Gasteiger partial charge in [0.1, 0.15) is 0 Å². The van der Waals surface area contributed by atoms with Crippen LogP contribution >= 0.6 is 23.4 Å². The Balaban J connectivity index is 1.12. The summed E-state index contributed by atoms with van der Waals surface area (Å²) in [5.74, 6) is 0. The van der Waals surface area contributed by atoms with E-state index in [-0.39, 0.29) is 5.69 Å². The Morgan fingerprint density at radius 2 is 1.71 bits per heavy atom. The van der Waals surface area contributed by atoms with E-state index in [0.717, 1.165) is 68.2 Å². The second kappa shape index (κ2) is 9.86. The number of hydrogen-bond donors (Lipinski definition) is 1. The third-order valence-electron chi connectivity index (χ3n) is 7.32. The van der Waals surface area contributed by atoms with Crippen molar-refractivity contribution in [2.24, 2.45) is 0 Å². The molecule has 0 radical (unpaired) electrons. The molecule has 0 amide bonds. The molecule has 7 heteroatoms. The summed E-state index contributed by atoms with van der Waals surface area (Å²) in [7, 11) is 0. The molecule has 6 rings (SSSR count). The first-order chi connectivity index (χ1) is 17.2. The molecule has 0 aliphatic carbocycles. The van der Waals surface area contributed by atoms with Gasteiger partial charge in [0.15, 0.2) is 0 Å². The average Bonchev–Trinajstić information content (AvgIpc) is 3.10. The molecule has 1 atom stereocenters. The molecule has 4 aromatic rings. The van der Waals surface area contributed by atoms with Crippen LogP contribution in [0.1, 0.15) is 23.6 Å². The first-order valence-electron chi connectivity index (χ1n) is 12.3. The number of H-pyrrole nitrogens is 1. The number of piperazine rings is 1. The molecule has 1 saturated heterocycles. The fourth-order valence-corrected chi connectivity index (χ4v) is 6.78. The van der Waals surface area contributed by atoms with E-state index in [9.17, 15) is 4.79 Å². The van der Waals surface area contributed by atoms with Crippen molar-refractivity contribution in [3.8, 4) is 0 Å². The molecular formula is C28H29ClN4OS. The summed E-state index contributed by atoms with van der Waals surface area (Å²) < 4.78 is 1.87. The van der Waals surface area contributed by atoms with Crippen molar-refractivity contribution in [2.45, 2.75) is 35.2 Å². The summed E-state index contributed by atoms with van der Waals surface area (Å²) in [6.07, 6.45) is 1.98. The number of fused-ring (bicyclic) bond motifs is 3. The number of hydrogen-bond acceptors (Lipinski definition) is 4. The second-order valence-electron chi connectivity index (χ2n) is 9.44. The predicted molar refractivity (Wildman–Crippen MR) is 144 cm³/mol. The van der Waals surface area contributed by atoms with Gasteiger partial charge in [-0.25, -0.2) is 4.79 Å². The summed E-state index contributed by atoms with van der Waals surface area (Å²) in [5, 5.41) is 0.812. The summed E-state index contributed by atoms with van der Waals surface area (Å²) >= 11 is 8.32. The molecule has 2 aliphatic rings. The lowest BCUT2D eigenvalue weighted by Gasteiger charge is -2.39. The van der Waals surface area contributed by atoms with Crippen LogP contribution in [0.5, 0.6) is 0 Å². The normalized spacial score (nSPS) is 18.8. The maximum atomic E-state index is 12.4. The molecule has 0 bridgehead atoms. The van der Waals surface area contributed by atoms with Crippen LogP contribution in [0.2, 0.25) is 5.02 Å². The molecule has 5 nitrogen and oxygen atoms in total. The van der Waals surface area contributed by atoms with Gasteiger partial charge >= 0.3 is 5.69 Å². The van der Waals surface area contributed by atoms with Gasteiger partial charge in [-0.3, -0.25) is 9.47 Å². The van der Waals surface area contributed by atoms with Crippen LogP contribution in [-0.4, -0.2) is 52.1 Å². The van der Waals surface area contributed by atoms with Crippen molar-refractivity contribution in [1.82, 2.24) is 19.4 Å². The van der Waals surface area contributed by atoms with Gasteiger partial charge in [-0.15, -0.1) is 0 Å². The van der Waals surface area contributed by atoms with E-state index in [0.29, 0.717) is 6.04 Å². The molecule has 1 aromatic heterocycles. The minimum absolute atomic E-state index is 0.0140. The molecule has 0 spiro atoms. The number of para-hydroxylation sites is 2. The number of halogens is 1. The molecule has 180 valence electrons. The Bertz CT molecular complexity index is 1410. The van der Waals surface area contributed by atoms with Crippen molar-refractivity contribution in [3.05, 3.63) is 93.4 Å². The number of nitrogens with one attached hydrogen (secondary N) is 1. The largest absolute Gasteiger partial charge is 0.326 e. The van der Waals surface area contributed by atoms with Gasteiger partial charge in [-0.1, -0.05) is 53.7 Å². The molecule has 35 heavy (non-hydrogen) atoms. The Hall–Kier alpha value is -2.51. The highest BCUT2D eigenvalue weighted by Crippen LogP contribution is 2.43. The highest BCUT2D eigenvalue weighted by atomic mass is 35.5. The third-order valence-corrected chi connectivity index (χ3v) is 8.77. The first-order valence-corrected chi connectivity index (χ1v) is 13.5. The van der Waals surface area contributed by atoms with E-state index in [1.165, 1.54) is 20.9 Å². The second-order valence-corrected chi connectivity index (χ2v) is 11.0. The summed E-state index contributed by atoms with van der Waals surface area (Å²) in [6.45, 7) is 5.91. The number of imidazole rings is 1. The van der Waals surface area contributed by atoms with Crippen molar-refractivity contribution in [2.75, 3.05) is 32.7 Å². The number of nitrogens with zero attached hydrogens (tertiary/aromatic N) is 3. The van der Waals surface area contributed by atoms with E-state index in [1.54, 1.807) is 0 Å². The van der Waals surface area contributed by atoms with E-state index in [1.807, 2.05) is 46.7 Å². The molecule has 3 heterocycles. The monoisotopic (exact) mass is 504 g/mol. The summed E-state index contributed by atoms with van der Waals surface area (Å²) in [5.41, 5.74) is 4.66. The van der Waals surface area contributed by atoms with Gasteiger partial charge < -0.3 is 9.88 Å². The van der Waals surface area contributed by atoms with Crippen molar-refractivity contribution >= 4 is 34.4 Å². The fraction of sp³-hybridized carbons (Fsp3) is 0.321. The molecule has 1 unspecified atom stereocenters. The van der Waals surface area contributed by atoms with Crippen LogP contribution in [-0.2, 0) is 13.0 Å². The zero-order valence-corrected chi connectivity index (χ0v) is 21.2. The van der Waals surface area contributed by atoms with Gasteiger partial charge in [0, 0.05) is 53.6 Å². The number of aromatic amines is 1. The number of rotatable bonds is 5. The molecule has 1 N–H and O–H groups in total. The fourth-order valence-electron chi connectivity index (χ4n) is 5.49. The maximum Gasteiger partial charge on any atom is 0.326 e. The van der Waals surface area contributed by atoms with Crippen LogP contribution in [0.4, 0.5) is 0 Å². The van der Waals surface area contributed by atoms with Crippen molar-refractivity contribution in [1.29, 1.82) is 0 Å². The zero-order chi connectivity index (χ0) is 23.8. The van der Waals surface area contributed by atoms with Gasteiger partial charge in [0.25, 0.3) is 0 Å². The lowest BCUT2D eigenvalue weighted by Crippen LogP contribution is -2.48. The SMILES string of the molecule is O=c1[nH]c2ccccc2n1CCCN1CCN(C2Cc3ccccc3Sc3ccc(Cl)cc32)CC1. The third kappa shape index (κ3) is 4.68. The van der Waals surface area contributed by atoms with E-state index in [4.69, 9.17) is 11.6 Å². The van der Waals surface area contributed by atoms with Crippen molar-refractivity contribution < 1.29 is 0 Å². The lowest BCUT2D eigenvalue weighted by atomic mass is 9.96. The molecular weight excluding hydrogens is 476 g/mol. The summed E-state index contributed by atoms with van der Waals surface area (Å²) in [6, 6.07) is 23.4. The van der Waals surface area contributed by atoms with E-state index >= 15 is 0 Å². The maximum absolute atomic E-state index is 12.4. The van der Waals surface area contributed by atoms with E-state index in [2.05, 4.69) is 51.2 Å². The highest BCUT2D eigenvalue weighted by Gasteiger charge is 2.30. The van der Waals surface area contributed by atoms with Crippen LogP contribution in [0.3, 0.4) is 0 Å². The Morgan fingerprint density at radius 1 is 0.914 bits per heavy atom. The smallest absolute Gasteiger partial charge is 0.306 e. The highest BCUT2D eigenvalue weighted by molar-refractivity contribution is 7.99. The number of benzene rings is 3. The minimum Gasteiger partial charge on any atom is -0.306 e. The Labute approximate surface area is 214 Å². The number of aromatic nitrogens is 2. The average molecular weight is 505 g/mol. The summed E-state index contributed by atoms with van der Waals surface area (Å²) in [4.78, 5) is 23.2. The Kier molecular flexibility index (Phi) is 6.46. The van der Waals surface area contributed by atoms with Crippen molar-refractivity contribution in [3.63, 3.8) is 0 Å². The minimum atomic E-state index is -0.0140. The molecule has 0 saturated carbocycles. The lowest BCUT2D eigenvalue weighted by molar-refractivity contribution is 0.0929. The van der Waals surface area contributed by atoms with E-state index < -0.39 is 0 Å². The topological polar surface area (TPSA) is 44.3 Å². The van der Waals surface area contributed by atoms with Crippen LogP contribution in [0.15, 0.2) is 81.3 Å². The van der Waals surface area contributed by atoms with Crippen LogP contribution in [0, 0.1) is 0 Å². The first kappa shape index (κ1) is 22.9. The number of aryl methyl sites for hydroxylation is 1. The molecule has 3 aromatic carbocycles.